The van der Waals surface area contributed by atoms with Crippen molar-refractivity contribution in [3.05, 3.63) is 83.7 Å². The topological polar surface area (TPSA) is 58.9 Å². The Morgan fingerprint density at radius 2 is 1.83 bits per heavy atom. The number of nitriles is 1. The van der Waals surface area contributed by atoms with E-state index in [-0.39, 0.29) is 11.9 Å². The Morgan fingerprint density at radius 3 is 2.38 bits per heavy atom. The molecule has 0 fully saturated rings. The first kappa shape index (κ1) is 20.4. The highest BCUT2D eigenvalue weighted by atomic mass is 16.5. The average molecular weight is 385 g/mol. The Kier molecular flexibility index (Phi) is 6.51. The molecule has 0 amide bonds. The SMILES string of the molecule is CCOC(=O)[C@@H]([B-]c1n(C)cc[n+]1C)[C@H](c1ccccc1)c1ccc(C#N)cc1. The minimum atomic E-state index is -0.523. The highest BCUT2D eigenvalue weighted by molar-refractivity contribution is 6.56. The van der Waals surface area contributed by atoms with Gasteiger partial charge in [-0.1, -0.05) is 42.5 Å². The zero-order chi connectivity index (χ0) is 20.8. The molecule has 0 bridgehead atoms. The van der Waals surface area contributed by atoms with E-state index in [1.54, 1.807) is 12.1 Å². The Hall–Kier alpha value is -3.33. The molecule has 146 valence electrons. The maximum atomic E-state index is 13.1. The molecule has 0 saturated carbocycles. The fraction of sp³-hybridized carbons (Fsp3) is 0.261. The maximum Gasteiger partial charge on any atom is 0.269 e. The van der Waals surface area contributed by atoms with Crippen LogP contribution >= 0.6 is 0 Å². The average Bonchev–Trinajstić information content (AvgIpc) is 3.06. The molecular formula is C23H24BN3O2. The predicted molar refractivity (Wildman–Crippen MR) is 112 cm³/mol. The van der Waals surface area contributed by atoms with E-state index in [0.29, 0.717) is 12.2 Å². The second kappa shape index (κ2) is 9.25. The normalized spacial score (nSPS) is 12.8. The van der Waals surface area contributed by atoms with E-state index < -0.39 is 5.82 Å². The second-order valence-electron chi connectivity index (χ2n) is 6.94. The fourth-order valence-electron chi connectivity index (χ4n) is 3.57. The lowest BCUT2D eigenvalue weighted by Gasteiger charge is -2.34. The molecule has 3 aromatic rings. The van der Waals surface area contributed by atoms with Crippen LogP contribution in [0.4, 0.5) is 0 Å². The molecule has 1 heterocycles. The van der Waals surface area contributed by atoms with Gasteiger partial charge in [0.2, 0.25) is 0 Å². The Morgan fingerprint density at radius 1 is 1.17 bits per heavy atom. The molecule has 0 unspecified atom stereocenters. The van der Waals surface area contributed by atoms with Crippen LogP contribution in [0.1, 0.15) is 29.5 Å². The number of rotatable bonds is 7. The summed E-state index contributed by atoms with van der Waals surface area (Å²) in [7, 11) is 5.87. The third-order valence-electron chi connectivity index (χ3n) is 5.04. The summed E-state index contributed by atoms with van der Waals surface area (Å²) < 4.78 is 9.42. The first-order valence-electron chi connectivity index (χ1n) is 9.62. The van der Waals surface area contributed by atoms with Crippen LogP contribution in [0.3, 0.4) is 0 Å². The second-order valence-corrected chi connectivity index (χ2v) is 6.94. The number of aromatic nitrogens is 2. The summed E-state index contributed by atoms with van der Waals surface area (Å²) >= 11 is 0. The van der Waals surface area contributed by atoms with Crippen LogP contribution in [-0.4, -0.2) is 24.4 Å². The molecular weight excluding hydrogens is 361 g/mol. The van der Waals surface area contributed by atoms with Gasteiger partial charge in [-0.15, -0.1) is 5.82 Å². The van der Waals surface area contributed by atoms with Crippen molar-refractivity contribution in [1.29, 1.82) is 5.26 Å². The summed E-state index contributed by atoms with van der Waals surface area (Å²) in [6, 6.07) is 19.5. The molecule has 1 aromatic heterocycles. The van der Waals surface area contributed by atoms with Gasteiger partial charge in [0.1, 0.15) is 12.4 Å². The van der Waals surface area contributed by atoms with Crippen molar-refractivity contribution in [1.82, 2.24) is 4.57 Å². The van der Waals surface area contributed by atoms with Crippen LogP contribution in [0.2, 0.25) is 5.82 Å². The molecule has 2 atom stereocenters. The highest BCUT2D eigenvalue weighted by Crippen LogP contribution is 2.36. The minimum absolute atomic E-state index is 0.238. The zero-order valence-electron chi connectivity index (χ0n) is 16.9. The van der Waals surface area contributed by atoms with Crippen LogP contribution in [-0.2, 0) is 23.6 Å². The quantitative estimate of drug-likeness (QED) is 0.356. The van der Waals surface area contributed by atoms with Crippen LogP contribution in [0.25, 0.3) is 0 Å². The first-order valence-corrected chi connectivity index (χ1v) is 9.62. The van der Waals surface area contributed by atoms with Gasteiger partial charge in [0, 0.05) is 5.72 Å². The van der Waals surface area contributed by atoms with Crippen LogP contribution in [0.15, 0.2) is 67.0 Å². The number of nitrogens with zero attached hydrogens (tertiary/aromatic N) is 3. The number of carbonyl (C=O) groups excluding carboxylic acids is 1. The van der Waals surface area contributed by atoms with Crippen LogP contribution < -0.4 is 10.3 Å². The van der Waals surface area contributed by atoms with Gasteiger partial charge < -0.3 is 4.74 Å². The standard InChI is InChI=1S/C23H24BN3O2/c1-4-29-22(28)21(24-23-26(2)14-15-27(23)3)20(18-8-6-5-7-9-18)19-12-10-17(16-25)11-13-19/h5-15,20-21H,4H2,1-3H3/t20-,21+/m1/s1. The van der Waals surface area contributed by atoms with E-state index in [9.17, 15) is 4.79 Å². The lowest BCUT2D eigenvalue weighted by Crippen LogP contribution is -2.52. The fourth-order valence-corrected chi connectivity index (χ4v) is 3.57. The molecule has 2 radical (unpaired) electrons. The third-order valence-corrected chi connectivity index (χ3v) is 5.04. The molecule has 29 heavy (non-hydrogen) atoms. The van der Waals surface area contributed by atoms with Crippen LogP contribution in [0.5, 0.6) is 0 Å². The number of ether oxygens (including phenoxy) is 1. The molecule has 0 spiro atoms. The van der Waals surface area contributed by atoms with E-state index in [1.807, 2.05) is 92.3 Å². The number of imidazole rings is 1. The zero-order valence-corrected chi connectivity index (χ0v) is 16.9. The molecule has 0 aliphatic carbocycles. The lowest BCUT2D eigenvalue weighted by molar-refractivity contribution is -0.653. The number of hydrogen-bond acceptors (Lipinski definition) is 3. The number of esters is 1. The van der Waals surface area contributed by atoms with E-state index in [0.717, 1.165) is 16.9 Å². The van der Waals surface area contributed by atoms with Crippen molar-refractivity contribution in [3.63, 3.8) is 0 Å². The van der Waals surface area contributed by atoms with Crippen molar-refractivity contribution in [2.75, 3.05) is 6.61 Å². The number of benzene rings is 2. The van der Waals surface area contributed by atoms with Gasteiger partial charge in [-0.2, -0.15) is 12.5 Å². The Labute approximate surface area is 172 Å². The Bertz CT molecular complexity index is 987. The molecule has 3 rings (SSSR count). The van der Waals surface area contributed by atoms with Gasteiger partial charge in [0.15, 0.2) is 0 Å². The molecule has 0 N–H and O–H groups in total. The smallest absolute Gasteiger partial charge is 0.269 e. The van der Waals surface area contributed by atoms with Gasteiger partial charge in [-0.25, -0.2) is 0 Å². The summed E-state index contributed by atoms with van der Waals surface area (Å²) in [5.74, 6) is -1.03. The van der Waals surface area contributed by atoms with Gasteiger partial charge in [0.05, 0.1) is 32.3 Å². The number of aryl methyl sites for hydroxylation is 2. The molecule has 0 aliphatic heterocycles. The predicted octanol–water partition coefficient (Wildman–Crippen LogP) is 2.23. The van der Waals surface area contributed by atoms with Crippen molar-refractivity contribution in [2.24, 2.45) is 14.1 Å². The number of hydrogen-bond donors (Lipinski definition) is 0. The van der Waals surface area contributed by atoms with Gasteiger partial charge in [-0.05, 0) is 36.1 Å². The lowest BCUT2D eigenvalue weighted by atomic mass is 9.55. The summed E-state index contributed by atoms with van der Waals surface area (Å²) in [4.78, 5) is 13.1. The minimum Gasteiger partial charge on any atom is -0.468 e. The monoisotopic (exact) mass is 385 g/mol. The third kappa shape index (κ3) is 4.57. The molecule has 0 aliphatic rings. The van der Waals surface area contributed by atoms with E-state index >= 15 is 0 Å². The van der Waals surface area contributed by atoms with E-state index in [1.165, 1.54) is 0 Å². The van der Waals surface area contributed by atoms with Crippen LogP contribution in [0, 0.1) is 11.3 Å². The number of carbonyl (C=O) groups is 1. The Balaban J connectivity index is 2.11. The summed E-state index contributed by atoms with van der Waals surface area (Å²) in [5, 5.41) is 9.15. The van der Waals surface area contributed by atoms with E-state index in [2.05, 4.69) is 6.07 Å². The van der Waals surface area contributed by atoms with E-state index in [4.69, 9.17) is 10.00 Å². The van der Waals surface area contributed by atoms with Gasteiger partial charge in [0.25, 0.3) is 5.97 Å². The maximum absolute atomic E-state index is 13.1. The first-order chi connectivity index (χ1) is 14.0. The summed E-state index contributed by atoms with van der Waals surface area (Å²) in [6.07, 6.45) is 3.90. The largest absolute Gasteiger partial charge is 0.468 e. The van der Waals surface area contributed by atoms with Crippen molar-refractivity contribution in [3.8, 4) is 6.07 Å². The molecule has 6 heteroatoms. The van der Waals surface area contributed by atoms with Crippen molar-refractivity contribution < 1.29 is 14.1 Å². The molecule has 2 aromatic carbocycles. The molecule has 5 nitrogen and oxygen atoms in total. The van der Waals surface area contributed by atoms with Crippen molar-refractivity contribution >= 4 is 19.0 Å². The van der Waals surface area contributed by atoms with Gasteiger partial charge >= 0.3 is 0 Å². The summed E-state index contributed by atoms with van der Waals surface area (Å²) in [6.45, 7) is 2.13. The summed E-state index contributed by atoms with van der Waals surface area (Å²) in [5.41, 5.74) is 3.48. The van der Waals surface area contributed by atoms with Crippen molar-refractivity contribution in [2.45, 2.75) is 18.7 Å². The van der Waals surface area contributed by atoms with Gasteiger partial charge in [-0.3, -0.25) is 13.9 Å². The highest BCUT2D eigenvalue weighted by Gasteiger charge is 2.26. The molecule has 0 saturated heterocycles.